The van der Waals surface area contributed by atoms with Crippen molar-refractivity contribution in [2.75, 3.05) is 6.54 Å². The molecule has 0 unspecified atom stereocenters. The van der Waals surface area contributed by atoms with Gasteiger partial charge in [-0.3, -0.25) is 0 Å². The van der Waals surface area contributed by atoms with Gasteiger partial charge in [0.2, 0.25) is 0 Å². The van der Waals surface area contributed by atoms with Gasteiger partial charge in [-0.1, -0.05) is 25.8 Å². The lowest BCUT2D eigenvalue weighted by molar-refractivity contribution is -0.0262. The largest absolute Gasteiger partial charge is 0.504 e. The third-order valence-corrected chi connectivity index (χ3v) is 3.53. The van der Waals surface area contributed by atoms with Crippen LogP contribution in [0.3, 0.4) is 0 Å². The number of unbranched alkanes of at least 4 members (excludes halogenated alkanes) is 1. The molecule has 0 spiro atoms. The van der Waals surface area contributed by atoms with E-state index in [1.165, 1.54) is 6.07 Å². The molecule has 1 aliphatic heterocycles. The number of rotatable bonds is 4. The Morgan fingerprint density at radius 3 is 2.83 bits per heavy atom. The second-order valence-corrected chi connectivity index (χ2v) is 4.83. The molecule has 0 saturated heterocycles. The predicted octanol–water partition coefficient (Wildman–Crippen LogP) is 2.23. The molecule has 4 heteroatoms. The van der Waals surface area contributed by atoms with Crippen LogP contribution in [0.5, 0.6) is 11.5 Å². The van der Waals surface area contributed by atoms with Gasteiger partial charge in [0, 0.05) is 18.5 Å². The van der Waals surface area contributed by atoms with Gasteiger partial charge >= 0.3 is 0 Å². The molecular weight excluding hydrogens is 230 g/mol. The van der Waals surface area contributed by atoms with Crippen LogP contribution in [0.1, 0.15) is 43.4 Å². The maximum absolute atomic E-state index is 9.95. The monoisotopic (exact) mass is 251 g/mol. The highest BCUT2D eigenvalue weighted by molar-refractivity contribution is 5.50. The van der Waals surface area contributed by atoms with Crippen molar-refractivity contribution in [2.24, 2.45) is 5.73 Å². The van der Waals surface area contributed by atoms with Gasteiger partial charge in [-0.15, -0.1) is 0 Å². The van der Waals surface area contributed by atoms with E-state index in [2.05, 4.69) is 6.92 Å². The summed E-state index contributed by atoms with van der Waals surface area (Å²) >= 11 is 0. The van der Waals surface area contributed by atoms with Gasteiger partial charge in [0.1, 0.15) is 0 Å². The number of hydrogen-bond donors (Lipinski definition) is 3. The van der Waals surface area contributed by atoms with Crippen LogP contribution in [0.25, 0.3) is 0 Å². The first-order valence-corrected chi connectivity index (χ1v) is 6.56. The van der Waals surface area contributed by atoms with Crippen LogP contribution in [-0.4, -0.2) is 22.9 Å². The number of phenols is 2. The minimum absolute atomic E-state index is 0.0178. The molecule has 1 aliphatic rings. The van der Waals surface area contributed by atoms with Gasteiger partial charge in [0.05, 0.1) is 12.2 Å². The standard InChI is InChI=1S/C14H21NO3/c1-2-3-4-9-7-11-10(13(8-15)18-9)5-6-12(16)14(11)17/h5-6,9,13,16-17H,2-4,7-8,15H2,1H3/t9-,13+/m1/s1. The second kappa shape index (κ2) is 5.59. The Bertz CT molecular complexity index is 420. The van der Waals surface area contributed by atoms with Gasteiger partial charge in [-0.05, 0) is 18.1 Å². The summed E-state index contributed by atoms with van der Waals surface area (Å²) in [7, 11) is 0. The molecule has 0 saturated carbocycles. The summed E-state index contributed by atoms with van der Waals surface area (Å²) in [5, 5.41) is 19.5. The SMILES string of the molecule is CCCC[C@@H]1Cc2c(ccc(O)c2O)[C@H](CN)O1. The molecule has 1 aromatic carbocycles. The first kappa shape index (κ1) is 13.2. The van der Waals surface area contributed by atoms with Crippen LogP contribution in [0.15, 0.2) is 12.1 Å². The summed E-state index contributed by atoms with van der Waals surface area (Å²) in [5.41, 5.74) is 7.42. The lowest BCUT2D eigenvalue weighted by Crippen LogP contribution is -2.30. The summed E-state index contributed by atoms with van der Waals surface area (Å²) in [4.78, 5) is 0. The zero-order valence-electron chi connectivity index (χ0n) is 10.7. The lowest BCUT2D eigenvalue weighted by atomic mass is 9.91. The van der Waals surface area contributed by atoms with E-state index in [0.717, 1.165) is 30.4 Å². The number of ether oxygens (including phenoxy) is 1. The van der Waals surface area contributed by atoms with Gasteiger partial charge in [-0.2, -0.15) is 0 Å². The van der Waals surface area contributed by atoms with E-state index in [4.69, 9.17) is 10.5 Å². The van der Waals surface area contributed by atoms with Crippen molar-refractivity contribution in [3.05, 3.63) is 23.3 Å². The normalized spacial score (nSPS) is 22.8. The van der Waals surface area contributed by atoms with Gasteiger partial charge < -0.3 is 20.7 Å². The third-order valence-electron chi connectivity index (χ3n) is 3.53. The number of fused-ring (bicyclic) bond motifs is 1. The Kier molecular flexibility index (Phi) is 4.09. The first-order valence-electron chi connectivity index (χ1n) is 6.56. The average molecular weight is 251 g/mol. The van der Waals surface area contributed by atoms with Crippen molar-refractivity contribution in [2.45, 2.75) is 44.8 Å². The van der Waals surface area contributed by atoms with Gasteiger partial charge in [-0.25, -0.2) is 0 Å². The van der Waals surface area contributed by atoms with E-state index in [-0.39, 0.29) is 23.7 Å². The molecule has 0 radical (unpaired) electrons. The molecule has 2 rings (SSSR count). The van der Waals surface area contributed by atoms with E-state index in [0.29, 0.717) is 13.0 Å². The Hall–Kier alpha value is -1.26. The van der Waals surface area contributed by atoms with Crippen molar-refractivity contribution < 1.29 is 14.9 Å². The minimum Gasteiger partial charge on any atom is -0.504 e. The molecule has 18 heavy (non-hydrogen) atoms. The smallest absolute Gasteiger partial charge is 0.161 e. The zero-order chi connectivity index (χ0) is 13.1. The average Bonchev–Trinajstić information content (AvgIpc) is 2.40. The maximum Gasteiger partial charge on any atom is 0.161 e. The van der Waals surface area contributed by atoms with Crippen molar-refractivity contribution in [3.8, 4) is 11.5 Å². The Balaban J connectivity index is 2.28. The molecule has 4 N–H and O–H groups in total. The number of hydrogen-bond acceptors (Lipinski definition) is 4. The van der Waals surface area contributed by atoms with Crippen molar-refractivity contribution >= 4 is 0 Å². The molecule has 1 heterocycles. The molecule has 0 bridgehead atoms. The van der Waals surface area contributed by atoms with Crippen molar-refractivity contribution in [3.63, 3.8) is 0 Å². The van der Waals surface area contributed by atoms with Gasteiger partial charge in [0.25, 0.3) is 0 Å². The van der Waals surface area contributed by atoms with Crippen molar-refractivity contribution in [1.29, 1.82) is 0 Å². The maximum atomic E-state index is 9.95. The second-order valence-electron chi connectivity index (χ2n) is 4.83. The Morgan fingerprint density at radius 1 is 1.39 bits per heavy atom. The number of aromatic hydroxyl groups is 2. The van der Waals surface area contributed by atoms with Crippen LogP contribution in [-0.2, 0) is 11.2 Å². The molecule has 4 nitrogen and oxygen atoms in total. The quantitative estimate of drug-likeness (QED) is 0.717. The number of nitrogens with two attached hydrogens (primary N) is 1. The van der Waals surface area contributed by atoms with Crippen LogP contribution < -0.4 is 5.73 Å². The highest BCUT2D eigenvalue weighted by Gasteiger charge is 2.29. The van der Waals surface area contributed by atoms with Crippen LogP contribution in [0.2, 0.25) is 0 Å². The first-order chi connectivity index (χ1) is 8.67. The highest BCUT2D eigenvalue weighted by atomic mass is 16.5. The molecule has 100 valence electrons. The summed E-state index contributed by atoms with van der Waals surface area (Å²) < 4.78 is 5.94. The van der Waals surface area contributed by atoms with Crippen molar-refractivity contribution in [1.82, 2.24) is 0 Å². The fraction of sp³-hybridized carbons (Fsp3) is 0.571. The molecule has 0 aromatic heterocycles. The highest BCUT2D eigenvalue weighted by Crippen LogP contribution is 2.40. The van der Waals surface area contributed by atoms with Crippen LogP contribution in [0, 0.1) is 0 Å². The lowest BCUT2D eigenvalue weighted by Gasteiger charge is -2.32. The van der Waals surface area contributed by atoms with E-state index in [9.17, 15) is 10.2 Å². The van der Waals surface area contributed by atoms with E-state index < -0.39 is 0 Å². The molecule has 2 atom stereocenters. The van der Waals surface area contributed by atoms with E-state index in [1.54, 1.807) is 6.07 Å². The van der Waals surface area contributed by atoms with Crippen LogP contribution >= 0.6 is 0 Å². The molecule has 0 fully saturated rings. The fourth-order valence-electron chi connectivity index (χ4n) is 2.52. The molecule has 1 aromatic rings. The third kappa shape index (κ3) is 2.44. The summed E-state index contributed by atoms with van der Waals surface area (Å²) in [6, 6.07) is 3.28. The molecular formula is C14H21NO3. The summed E-state index contributed by atoms with van der Waals surface area (Å²) in [6.07, 6.45) is 3.72. The minimum atomic E-state index is -0.179. The number of phenolic OH excluding ortho intramolecular Hbond substituents is 2. The van der Waals surface area contributed by atoms with Gasteiger partial charge in [0.15, 0.2) is 11.5 Å². The summed E-state index contributed by atoms with van der Waals surface area (Å²) in [5.74, 6) is -0.0867. The Morgan fingerprint density at radius 2 is 2.17 bits per heavy atom. The zero-order valence-corrected chi connectivity index (χ0v) is 10.7. The summed E-state index contributed by atoms with van der Waals surface area (Å²) in [6.45, 7) is 2.53. The number of benzene rings is 1. The van der Waals surface area contributed by atoms with E-state index in [1.807, 2.05) is 0 Å². The Labute approximate surface area is 107 Å². The molecule has 0 aliphatic carbocycles. The van der Waals surface area contributed by atoms with Crippen LogP contribution in [0.4, 0.5) is 0 Å². The molecule has 0 amide bonds. The predicted molar refractivity (Wildman–Crippen MR) is 69.7 cm³/mol. The fourth-order valence-corrected chi connectivity index (χ4v) is 2.52. The van der Waals surface area contributed by atoms with E-state index >= 15 is 0 Å². The topological polar surface area (TPSA) is 75.7 Å².